The summed E-state index contributed by atoms with van der Waals surface area (Å²) in [7, 11) is 1.33. The van der Waals surface area contributed by atoms with Crippen LogP contribution in [0.4, 0.5) is 0 Å². The molecule has 0 fully saturated rings. The normalized spacial score (nSPS) is 14.6. The molecule has 0 amide bonds. The number of benzene rings is 1. The van der Waals surface area contributed by atoms with Gasteiger partial charge in [-0.3, -0.25) is 4.79 Å². The maximum atomic E-state index is 11.6. The molecule has 0 aliphatic carbocycles. The third kappa shape index (κ3) is 3.11. The Morgan fingerprint density at radius 3 is 2.42 bits per heavy atom. The molecule has 98 valence electrons. The number of esters is 1. The van der Waals surface area contributed by atoms with Crippen LogP contribution in [0.15, 0.2) is 24.3 Å². The zero-order valence-corrected chi connectivity index (χ0v) is 11.3. The van der Waals surface area contributed by atoms with Gasteiger partial charge in [-0.2, -0.15) is 10.5 Å². The molecule has 4 nitrogen and oxygen atoms in total. The summed E-state index contributed by atoms with van der Waals surface area (Å²) in [5.74, 6) is -1.49. The van der Waals surface area contributed by atoms with Crippen molar-refractivity contribution in [2.45, 2.75) is 19.8 Å². The molecule has 1 aromatic carbocycles. The highest BCUT2D eigenvalue weighted by Gasteiger charge is 2.30. The summed E-state index contributed by atoms with van der Waals surface area (Å²) in [6, 6.07) is 11.2. The van der Waals surface area contributed by atoms with Crippen LogP contribution in [-0.4, -0.2) is 13.1 Å². The Morgan fingerprint density at radius 2 is 1.89 bits per heavy atom. The number of carbonyl (C=O) groups is 1. The van der Waals surface area contributed by atoms with Crippen LogP contribution in [0, 0.1) is 34.5 Å². The van der Waals surface area contributed by atoms with Gasteiger partial charge in [-0.1, -0.05) is 32.0 Å². The predicted molar refractivity (Wildman–Crippen MR) is 69.9 cm³/mol. The van der Waals surface area contributed by atoms with Crippen molar-refractivity contribution in [2.24, 2.45) is 11.8 Å². The minimum atomic E-state index is -0.509. The molecule has 1 rings (SSSR count). The van der Waals surface area contributed by atoms with Crippen LogP contribution in [0.3, 0.4) is 0 Å². The lowest BCUT2D eigenvalue weighted by molar-refractivity contribution is -0.146. The number of hydrogen-bond donors (Lipinski definition) is 0. The molecule has 3 atom stereocenters. The molecule has 0 saturated carbocycles. The van der Waals surface area contributed by atoms with Crippen LogP contribution in [0.2, 0.25) is 0 Å². The van der Waals surface area contributed by atoms with E-state index in [4.69, 9.17) is 10.00 Å². The van der Waals surface area contributed by atoms with Crippen molar-refractivity contribution in [3.8, 4) is 12.1 Å². The Hall–Kier alpha value is -2.33. The summed E-state index contributed by atoms with van der Waals surface area (Å²) in [5, 5.41) is 18.4. The second-order valence-electron chi connectivity index (χ2n) is 4.48. The van der Waals surface area contributed by atoms with Crippen LogP contribution in [0.1, 0.15) is 30.9 Å². The Labute approximate surface area is 113 Å². The van der Waals surface area contributed by atoms with Crippen LogP contribution in [0.25, 0.3) is 0 Å². The quantitative estimate of drug-likeness (QED) is 0.776. The van der Waals surface area contributed by atoms with Crippen molar-refractivity contribution in [2.75, 3.05) is 7.11 Å². The fourth-order valence-corrected chi connectivity index (χ4v) is 2.03. The van der Waals surface area contributed by atoms with Crippen molar-refractivity contribution < 1.29 is 9.53 Å². The minimum absolute atomic E-state index is 0.230. The summed E-state index contributed by atoms with van der Waals surface area (Å²) in [6.07, 6.45) is 0. The average Bonchev–Trinajstić information content (AvgIpc) is 2.46. The number of methoxy groups -OCH3 is 1. The molecule has 0 saturated heterocycles. The lowest BCUT2D eigenvalue weighted by atomic mass is 9.79. The van der Waals surface area contributed by atoms with Gasteiger partial charge in [0.25, 0.3) is 0 Å². The lowest BCUT2D eigenvalue weighted by Gasteiger charge is -2.23. The Bertz CT molecular complexity index is 540. The Kier molecular flexibility index (Phi) is 5.09. The molecule has 0 bridgehead atoms. The number of ether oxygens (including phenoxy) is 1. The molecule has 0 heterocycles. The highest BCUT2D eigenvalue weighted by atomic mass is 16.5. The molecule has 3 unspecified atom stereocenters. The zero-order chi connectivity index (χ0) is 14.4. The molecule has 0 aliphatic heterocycles. The van der Waals surface area contributed by atoms with Gasteiger partial charge < -0.3 is 4.74 Å². The fourth-order valence-electron chi connectivity index (χ4n) is 2.03. The van der Waals surface area contributed by atoms with Gasteiger partial charge in [0.15, 0.2) is 0 Å². The maximum Gasteiger partial charge on any atom is 0.308 e. The van der Waals surface area contributed by atoms with Gasteiger partial charge in [0.2, 0.25) is 0 Å². The molecular weight excluding hydrogens is 240 g/mol. The average molecular weight is 256 g/mol. The molecule has 0 spiro atoms. The van der Waals surface area contributed by atoms with E-state index in [9.17, 15) is 10.1 Å². The lowest BCUT2D eigenvalue weighted by Crippen LogP contribution is -2.25. The van der Waals surface area contributed by atoms with E-state index in [0.29, 0.717) is 11.1 Å². The molecule has 19 heavy (non-hydrogen) atoms. The van der Waals surface area contributed by atoms with Gasteiger partial charge in [-0.25, -0.2) is 0 Å². The van der Waals surface area contributed by atoms with E-state index < -0.39 is 11.8 Å². The standard InChI is InChI=1S/C15H16N2O2/c1-10(11(2)15(18)19-3)14(9-17)13-7-5-4-6-12(13)8-16/h4-7,10-11,14H,1-3H3. The first-order chi connectivity index (χ1) is 9.06. The van der Waals surface area contributed by atoms with E-state index in [2.05, 4.69) is 12.1 Å². The third-order valence-electron chi connectivity index (χ3n) is 3.44. The minimum Gasteiger partial charge on any atom is -0.469 e. The van der Waals surface area contributed by atoms with Crippen molar-refractivity contribution in [3.05, 3.63) is 35.4 Å². The summed E-state index contributed by atoms with van der Waals surface area (Å²) in [5.41, 5.74) is 1.13. The monoisotopic (exact) mass is 256 g/mol. The Morgan fingerprint density at radius 1 is 1.26 bits per heavy atom. The van der Waals surface area contributed by atoms with E-state index in [1.807, 2.05) is 6.92 Å². The highest BCUT2D eigenvalue weighted by Crippen LogP contribution is 2.31. The van der Waals surface area contributed by atoms with Gasteiger partial charge in [0.1, 0.15) is 0 Å². The van der Waals surface area contributed by atoms with Crippen molar-refractivity contribution in [3.63, 3.8) is 0 Å². The highest BCUT2D eigenvalue weighted by molar-refractivity contribution is 5.72. The molecule has 1 aromatic rings. The van der Waals surface area contributed by atoms with Gasteiger partial charge >= 0.3 is 5.97 Å². The van der Waals surface area contributed by atoms with Crippen molar-refractivity contribution >= 4 is 5.97 Å². The summed E-state index contributed by atoms with van der Waals surface area (Å²) in [6.45, 7) is 3.56. The first-order valence-electron chi connectivity index (χ1n) is 6.03. The van der Waals surface area contributed by atoms with Crippen LogP contribution in [-0.2, 0) is 9.53 Å². The van der Waals surface area contributed by atoms with Crippen molar-refractivity contribution in [1.82, 2.24) is 0 Å². The number of nitriles is 2. The van der Waals surface area contributed by atoms with Gasteiger partial charge in [0, 0.05) is 0 Å². The van der Waals surface area contributed by atoms with Crippen LogP contribution >= 0.6 is 0 Å². The third-order valence-corrected chi connectivity index (χ3v) is 3.44. The van der Waals surface area contributed by atoms with Gasteiger partial charge in [0.05, 0.1) is 36.6 Å². The smallest absolute Gasteiger partial charge is 0.308 e. The fraction of sp³-hybridized carbons (Fsp3) is 0.400. The second-order valence-corrected chi connectivity index (χ2v) is 4.48. The van der Waals surface area contributed by atoms with Crippen LogP contribution in [0.5, 0.6) is 0 Å². The SMILES string of the molecule is COC(=O)C(C)C(C)C(C#N)c1ccccc1C#N. The number of hydrogen-bond acceptors (Lipinski definition) is 4. The largest absolute Gasteiger partial charge is 0.469 e. The predicted octanol–water partition coefficient (Wildman–Crippen LogP) is 2.61. The number of carbonyl (C=O) groups excluding carboxylic acids is 1. The van der Waals surface area contributed by atoms with Gasteiger partial charge in [-0.15, -0.1) is 0 Å². The van der Waals surface area contributed by atoms with E-state index in [0.717, 1.165) is 0 Å². The summed E-state index contributed by atoms with van der Waals surface area (Å²) in [4.78, 5) is 11.6. The molecule has 0 aromatic heterocycles. The van der Waals surface area contributed by atoms with E-state index in [-0.39, 0.29) is 11.9 Å². The van der Waals surface area contributed by atoms with E-state index in [1.165, 1.54) is 7.11 Å². The zero-order valence-electron chi connectivity index (χ0n) is 11.3. The molecular formula is C15H16N2O2. The molecule has 0 aliphatic rings. The van der Waals surface area contributed by atoms with Crippen LogP contribution < -0.4 is 0 Å². The Balaban J connectivity index is 3.12. The number of rotatable bonds is 4. The maximum absolute atomic E-state index is 11.6. The number of nitrogens with zero attached hydrogens (tertiary/aromatic N) is 2. The topological polar surface area (TPSA) is 73.9 Å². The molecule has 0 radical (unpaired) electrons. The first kappa shape index (κ1) is 14.7. The summed E-state index contributed by atoms with van der Waals surface area (Å²) < 4.78 is 4.71. The van der Waals surface area contributed by atoms with Crippen molar-refractivity contribution in [1.29, 1.82) is 10.5 Å². The first-order valence-corrected chi connectivity index (χ1v) is 6.03. The molecule has 4 heteroatoms. The second kappa shape index (κ2) is 6.56. The van der Waals surface area contributed by atoms with E-state index >= 15 is 0 Å². The van der Waals surface area contributed by atoms with Gasteiger partial charge in [-0.05, 0) is 17.5 Å². The molecule has 0 N–H and O–H groups in total. The van der Waals surface area contributed by atoms with E-state index in [1.54, 1.807) is 31.2 Å². The summed E-state index contributed by atoms with van der Waals surface area (Å²) >= 11 is 0.